The van der Waals surface area contributed by atoms with Crippen molar-refractivity contribution in [1.29, 1.82) is 0 Å². The van der Waals surface area contributed by atoms with Gasteiger partial charge < -0.3 is 4.52 Å². The molecule has 0 aliphatic carbocycles. The maximum atomic E-state index is 13.8. The molecule has 0 saturated carbocycles. The highest BCUT2D eigenvalue weighted by Crippen LogP contribution is 2.26. The lowest BCUT2D eigenvalue weighted by Crippen LogP contribution is -1.92. The molecule has 0 N–H and O–H groups in total. The van der Waals surface area contributed by atoms with Crippen molar-refractivity contribution in [3.05, 3.63) is 77.1 Å². The topological polar surface area (TPSA) is 64.7 Å². The number of thioether (sulfide) groups is 1. The van der Waals surface area contributed by atoms with E-state index in [4.69, 9.17) is 16.1 Å². The molecule has 2 heterocycles. The zero-order valence-corrected chi connectivity index (χ0v) is 15.7. The Labute approximate surface area is 167 Å². The summed E-state index contributed by atoms with van der Waals surface area (Å²) >= 11 is 7.01. The summed E-state index contributed by atoms with van der Waals surface area (Å²) in [6, 6.07) is 14.1. The Morgan fingerprint density at radius 2 is 1.82 bits per heavy atom. The molecule has 140 valence electrons. The summed E-state index contributed by atoms with van der Waals surface area (Å²) in [4.78, 5) is 4.24. The van der Waals surface area contributed by atoms with Crippen molar-refractivity contribution in [3.8, 4) is 22.6 Å². The van der Waals surface area contributed by atoms with Gasteiger partial charge >= 0.3 is 0 Å². The molecule has 5 nitrogen and oxygen atoms in total. The minimum absolute atomic E-state index is 0.0282. The molecule has 4 aromatic rings. The maximum Gasteiger partial charge on any atom is 0.237 e. The van der Waals surface area contributed by atoms with E-state index in [1.165, 1.54) is 30.0 Å². The van der Waals surface area contributed by atoms with E-state index >= 15 is 0 Å². The molecule has 0 aliphatic heterocycles. The van der Waals surface area contributed by atoms with E-state index in [1.54, 1.807) is 36.4 Å². The van der Waals surface area contributed by atoms with Crippen LogP contribution in [0.4, 0.5) is 8.78 Å². The van der Waals surface area contributed by atoms with Crippen molar-refractivity contribution in [3.63, 3.8) is 0 Å². The van der Waals surface area contributed by atoms with Crippen LogP contribution in [-0.2, 0) is 5.75 Å². The molecule has 2 aromatic carbocycles. The van der Waals surface area contributed by atoms with Gasteiger partial charge in [-0.05, 0) is 42.5 Å². The third-order valence-electron chi connectivity index (χ3n) is 3.78. The second-order valence-corrected chi connectivity index (χ2v) is 7.07. The minimum atomic E-state index is -0.551. The van der Waals surface area contributed by atoms with Crippen LogP contribution in [0.2, 0.25) is 5.02 Å². The van der Waals surface area contributed by atoms with E-state index in [1.807, 2.05) is 0 Å². The number of halogens is 3. The van der Waals surface area contributed by atoms with Gasteiger partial charge in [0.15, 0.2) is 0 Å². The number of aromatic nitrogens is 4. The molecule has 0 unspecified atom stereocenters. The van der Waals surface area contributed by atoms with Gasteiger partial charge in [-0.2, -0.15) is 4.98 Å². The average molecular weight is 417 g/mol. The van der Waals surface area contributed by atoms with Gasteiger partial charge in [0.1, 0.15) is 16.7 Å². The third-order valence-corrected chi connectivity index (χ3v) is 4.99. The zero-order valence-electron chi connectivity index (χ0n) is 14.1. The Morgan fingerprint density at radius 3 is 2.57 bits per heavy atom. The molecule has 2 aromatic heterocycles. The normalized spacial score (nSPS) is 11.0. The van der Waals surface area contributed by atoms with E-state index in [2.05, 4.69) is 20.3 Å². The Kier molecular flexibility index (Phi) is 5.31. The molecular formula is C19H11ClF2N4OS. The van der Waals surface area contributed by atoms with Gasteiger partial charge in [-0.15, -0.1) is 10.2 Å². The molecule has 0 fully saturated rings. The lowest BCUT2D eigenvalue weighted by atomic mass is 10.1. The molecule has 28 heavy (non-hydrogen) atoms. The minimum Gasteiger partial charge on any atom is -0.338 e. The summed E-state index contributed by atoms with van der Waals surface area (Å²) in [6.07, 6.45) is 0. The summed E-state index contributed by atoms with van der Waals surface area (Å²) in [7, 11) is 0. The first kappa shape index (κ1) is 18.5. The second kappa shape index (κ2) is 8.04. The Balaban J connectivity index is 1.43. The van der Waals surface area contributed by atoms with Crippen LogP contribution in [0.25, 0.3) is 22.6 Å². The van der Waals surface area contributed by atoms with Gasteiger partial charge in [-0.25, -0.2) is 8.78 Å². The first-order chi connectivity index (χ1) is 13.6. The fourth-order valence-electron chi connectivity index (χ4n) is 2.41. The predicted octanol–water partition coefficient (Wildman–Crippen LogP) is 5.42. The Morgan fingerprint density at radius 1 is 0.964 bits per heavy atom. The number of hydrogen-bond acceptors (Lipinski definition) is 6. The first-order valence-corrected chi connectivity index (χ1v) is 9.46. The molecule has 0 bridgehead atoms. The highest BCUT2D eigenvalue weighted by molar-refractivity contribution is 7.98. The van der Waals surface area contributed by atoms with Crippen molar-refractivity contribution in [2.24, 2.45) is 0 Å². The molecule has 9 heteroatoms. The fourth-order valence-corrected chi connectivity index (χ4v) is 3.18. The van der Waals surface area contributed by atoms with Crippen LogP contribution >= 0.6 is 23.4 Å². The highest BCUT2D eigenvalue weighted by Gasteiger charge is 2.12. The van der Waals surface area contributed by atoms with Gasteiger partial charge in [0.2, 0.25) is 11.7 Å². The van der Waals surface area contributed by atoms with Crippen LogP contribution < -0.4 is 0 Å². The summed E-state index contributed by atoms with van der Waals surface area (Å²) in [5.74, 6) is 0.0818. The number of rotatable bonds is 5. The van der Waals surface area contributed by atoms with Crippen molar-refractivity contribution < 1.29 is 13.3 Å². The summed E-state index contributed by atoms with van der Waals surface area (Å²) in [5, 5.41) is 12.6. The molecule has 0 saturated heterocycles. The first-order valence-electron chi connectivity index (χ1n) is 8.09. The van der Waals surface area contributed by atoms with Gasteiger partial charge in [-0.1, -0.05) is 40.7 Å². The van der Waals surface area contributed by atoms with E-state index in [0.717, 1.165) is 0 Å². The summed E-state index contributed by atoms with van der Waals surface area (Å²) in [6.45, 7) is 0. The molecule has 0 amide bonds. The Hall–Kier alpha value is -2.84. The van der Waals surface area contributed by atoms with E-state index in [9.17, 15) is 8.78 Å². The molecular weight excluding hydrogens is 406 g/mol. The molecule has 0 radical (unpaired) electrons. The predicted molar refractivity (Wildman–Crippen MR) is 102 cm³/mol. The SMILES string of the molecule is Fc1cc(-c2noc(CSc3ccc(-c4ccccc4F)nn3)n2)ccc1Cl. The van der Waals surface area contributed by atoms with E-state index in [0.29, 0.717) is 33.5 Å². The average Bonchev–Trinajstić information content (AvgIpc) is 3.18. The second-order valence-electron chi connectivity index (χ2n) is 5.67. The van der Waals surface area contributed by atoms with Crippen molar-refractivity contribution in [2.75, 3.05) is 0 Å². The summed E-state index contributed by atoms with van der Waals surface area (Å²) < 4.78 is 32.5. The van der Waals surface area contributed by atoms with Gasteiger partial charge in [0, 0.05) is 11.1 Å². The standard InChI is InChI=1S/C19H11ClF2N4OS/c20-13-6-5-11(9-15(13)22)19-23-17(27-26-19)10-28-18-8-7-16(24-25-18)12-3-1-2-4-14(12)21/h1-9H,10H2. The number of nitrogens with zero attached hydrogens (tertiary/aromatic N) is 4. The van der Waals surface area contributed by atoms with Crippen LogP contribution in [0, 0.1) is 11.6 Å². The lowest BCUT2D eigenvalue weighted by Gasteiger charge is -2.02. The zero-order chi connectivity index (χ0) is 19.5. The summed E-state index contributed by atoms with van der Waals surface area (Å²) in [5.41, 5.74) is 1.31. The molecule has 0 spiro atoms. The van der Waals surface area contributed by atoms with Gasteiger partial charge in [-0.3, -0.25) is 0 Å². The monoisotopic (exact) mass is 416 g/mol. The van der Waals surface area contributed by atoms with E-state index in [-0.39, 0.29) is 16.7 Å². The van der Waals surface area contributed by atoms with Gasteiger partial charge in [0.05, 0.1) is 16.5 Å². The van der Waals surface area contributed by atoms with Crippen LogP contribution in [0.3, 0.4) is 0 Å². The Bertz CT molecular complexity index is 1120. The fraction of sp³-hybridized carbons (Fsp3) is 0.0526. The lowest BCUT2D eigenvalue weighted by molar-refractivity contribution is 0.391. The molecule has 0 atom stereocenters. The number of hydrogen-bond donors (Lipinski definition) is 0. The van der Waals surface area contributed by atoms with Crippen LogP contribution in [0.5, 0.6) is 0 Å². The highest BCUT2D eigenvalue weighted by atomic mass is 35.5. The number of benzene rings is 2. The van der Waals surface area contributed by atoms with Crippen molar-refractivity contribution >= 4 is 23.4 Å². The van der Waals surface area contributed by atoms with Crippen LogP contribution in [0.1, 0.15) is 5.89 Å². The van der Waals surface area contributed by atoms with Crippen molar-refractivity contribution in [1.82, 2.24) is 20.3 Å². The largest absolute Gasteiger partial charge is 0.338 e. The molecule has 4 rings (SSSR count). The third kappa shape index (κ3) is 4.02. The smallest absolute Gasteiger partial charge is 0.237 e. The van der Waals surface area contributed by atoms with Crippen LogP contribution in [0.15, 0.2) is 64.1 Å². The van der Waals surface area contributed by atoms with Crippen molar-refractivity contribution in [2.45, 2.75) is 10.8 Å². The quantitative estimate of drug-likeness (QED) is 0.405. The molecule has 0 aliphatic rings. The van der Waals surface area contributed by atoms with Gasteiger partial charge in [0.25, 0.3) is 0 Å². The van der Waals surface area contributed by atoms with E-state index < -0.39 is 5.82 Å². The van der Waals surface area contributed by atoms with Crippen LogP contribution in [-0.4, -0.2) is 20.3 Å². The maximum absolute atomic E-state index is 13.8.